The van der Waals surface area contributed by atoms with Gasteiger partial charge in [0.25, 0.3) is 0 Å². The Morgan fingerprint density at radius 3 is 2.30 bits per heavy atom. The van der Waals surface area contributed by atoms with E-state index in [9.17, 15) is 25.2 Å². The highest BCUT2D eigenvalue weighted by Crippen LogP contribution is 2.42. The summed E-state index contributed by atoms with van der Waals surface area (Å²) >= 11 is 0. The van der Waals surface area contributed by atoms with E-state index in [0.29, 0.717) is 11.3 Å². The average Bonchev–Trinajstić information content (AvgIpc) is 2.84. The molecular formula is C23H24O10. The molecule has 4 rings (SSSR count). The van der Waals surface area contributed by atoms with Gasteiger partial charge in [-0.2, -0.15) is 0 Å². The maximum Gasteiger partial charge on any atom is 0.229 e. The third-order valence-corrected chi connectivity index (χ3v) is 5.46. The summed E-state index contributed by atoms with van der Waals surface area (Å²) in [7, 11) is 2.78. The predicted molar refractivity (Wildman–Crippen MR) is 115 cm³/mol. The Bertz CT molecular complexity index is 1170. The first-order valence-corrected chi connectivity index (χ1v) is 10.1. The van der Waals surface area contributed by atoms with Gasteiger partial charge in [-0.05, 0) is 0 Å². The zero-order chi connectivity index (χ0) is 23.7. The van der Waals surface area contributed by atoms with E-state index in [1.807, 2.05) is 6.07 Å². The van der Waals surface area contributed by atoms with Crippen LogP contribution >= 0.6 is 0 Å². The minimum atomic E-state index is -1.67. The van der Waals surface area contributed by atoms with E-state index in [1.54, 1.807) is 24.3 Å². The monoisotopic (exact) mass is 460 g/mol. The van der Waals surface area contributed by atoms with Crippen LogP contribution in [0.15, 0.2) is 51.7 Å². The van der Waals surface area contributed by atoms with Crippen LogP contribution in [0.2, 0.25) is 0 Å². The summed E-state index contributed by atoms with van der Waals surface area (Å²) < 4.78 is 28.0. The quantitative estimate of drug-likeness (QED) is 0.413. The fourth-order valence-electron chi connectivity index (χ4n) is 3.73. The number of methoxy groups -OCH3 is 2. The number of aliphatic hydroxyl groups excluding tert-OH is 4. The van der Waals surface area contributed by atoms with Crippen molar-refractivity contribution in [2.75, 3.05) is 20.8 Å². The van der Waals surface area contributed by atoms with Gasteiger partial charge in [0.15, 0.2) is 16.8 Å². The van der Waals surface area contributed by atoms with Crippen molar-refractivity contribution >= 4 is 11.0 Å². The molecule has 0 bridgehead atoms. The molecule has 5 atom stereocenters. The second kappa shape index (κ2) is 9.38. The van der Waals surface area contributed by atoms with Crippen LogP contribution in [0.4, 0.5) is 0 Å². The Kier molecular flexibility index (Phi) is 6.54. The lowest BCUT2D eigenvalue weighted by Crippen LogP contribution is -2.60. The molecule has 3 aromatic rings. The molecule has 1 fully saturated rings. The highest BCUT2D eigenvalue weighted by molar-refractivity contribution is 5.92. The molecule has 0 amide bonds. The topological polar surface area (TPSA) is 148 Å². The second-order valence-corrected chi connectivity index (χ2v) is 7.47. The zero-order valence-electron chi connectivity index (χ0n) is 17.9. The van der Waals surface area contributed by atoms with Crippen molar-refractivity contribution in [3.8, 4) is 28.6 Å². The summed E-state index contributed by atoms with van der Waals surface area (Å²) in [6, 6.07) is 11.7. The molecular weight excluding hydrogens is 436 g/mol. The van der Waals surface area contributed by atoms with Crippen LogP contribution in [0.25, 0.3) is 22.3 Å². The molecule has 1 saturated heterocycles. The number of rotatable bonds is 6. The van der Waals surface area contributed by atoms with Crippen molar-refractivity contribution in [1.29, 1.82) is 0 Å². The summed E-state index contributed by atoms with van der Waals surface area (Å²) in [5.74, 6) is 0.556. The molecule has 2 heterocycles. The summed E-state index contributed by atoms with van der Waals surface area (Å²) in [5.41, 5.74) is 0.246. The molecule has 1 aromatic heterocycles. The molecule has 0 spiro atoms. The number of fused-ring (bicyclic) bond motifs is 1. The Balaban J connectivity index is 1.86. The highest BCUT2D eigenvalue weighted by atomic mass is 16.7. The largest absolute Gasteiger partial charge is 0.493 e. The van der Waals surface area contributed by atoms with Gasteiger partial charge in [0.2, 0.25) is 12.0 Å². The zero-order valence-corrected chi connectivity index (χ0v) is 17.9. The van der Waals surface area contributed by atoms with Crippen molar-refractivity contribution in [3.05, 3.63) is 52.7 Å². The first kappa shape index (κ1) is 23.0. The van der Waals surface area contributed by atoms with Crippen molar-refractivity contribution in [2.24, 2.45) is 0 Å². The molecule has 33 heavy (non-hydrogen) atoms. The van der Waals surface area contributed by atoms with Crippen LogP contribution in [0.1, 0.15) is 0 Å². The van der Waals surface area contributed by atoms with E-state index in [2.05, 4.69) is 0 Å². The second-order valence-electron chi connectivity index (χ2n) is 7.47. The standard InChI is InChI=1S/C23H24O10/c1-29-15-9-14(32-23-20(28)19(27)18(26)16(10-24)33-23)17-12(25)8-13(11-6-4-3-5-7-11)31-22(17)21(15)30-2/h3-9,16,18-20,23-24,26-28H,10H2,1-2H3/t16?,18-,19+,20?,23-/m1/s1. The Labute approximate surface area is 188 Å². The van der Waals surface area contributed by atoms with Gasteiger partial charge in [0.05, 0.1) is 20.8 Å². The number of aliphatic hydroxyl groups is 4. The van der Waals surface area contributed by atoms with Crippen LogP contribution in [-0.2, 0) is 4.74 Å². The van der Waals surface area contributed by atoms with Gasteiger partial charge in [0, 0.05) is 17.7 Å². The molecule has 2 aromatic carbocycles. The van der Waals surface area contributed by atoms with Crippen molar-refractivity contribution in [2.45, 2.75) is 30.7 Å². The van der Waals surface area contributed by atoms with E-state index in [1.165, 1.54) is 26.4 Å². The summed E-state index contributed by atoms with van der Waals surface area (Å²) in [6.45, 7) is -0.625. The third-order valence-electron chi connectivity index (χ3n) is 5.46. The van der Waals surface area contributed by atoms with E-state index in [4.69, 9.17) is 23.4 Å². The van der Waals surface area contributed by atoms with E-state index in [-0.39, 0.29) is 28.2 Å². The number of ether oxygens (including phenoxy) is 4. The first-order valence-electron chi connectivity index (χ1n) is 10.1. The van der Waals surface area contributed by atoms with Crippen LogP contribution in [0, 0.1) is 0 Å². The van der Waals surface area contributed by atoms with Gasteiger partial charge in [0.1, 0.15) is 41.3 Å². The Hall–Kier alpha value is -3.15. The Morgan fingerprint density at radius 1 is 0.939 bits per heavy atom. The third kappa shape index (κ3) is 4.14. The van der Waals surface area contributed by atoms with Crippen molar-refractivity contribution in [1.82, 2.24) is 0 Å². The molecule has 0 aliphatic carbocycles. The van der Waals surface area contributed by atoms with Gasteiger partial charge in [-0.3, -0.25) is 4.79 Å². The van der Waals surface area contributed by atoms with E-state index >= 15 is 0 Å². The number of hydrogen-bond donors (Lipinski definition) is 4. The molecule has 176 valence electrons. The van der Waals surface area contributed by atoms with Crippen LogP contribution < -0.4 is 19.6 Å². The lowest BCUT2D eigenvalue weighted by atomic mass is 9.99. The maximum atomic E-state index is 13.2. The molecule has 4 N–H and O–H groups in total. The molecule has 1 aliphatic heterocycles. The molecule has 10 nitrogen and oxygen atoms in total. The number of hydrogen-bond acceptors (Lipinski definition) is 10. The van der Waals surface area contributed by atoms with Crippen LogP contribution in [0.3, 0.4) is 0 Å². The Morgan fingerprint density at radius 2 is 1.67 bits per heavy atom. The van der Waals surface area contributed by atoms with Gasteiger partial charge in [-0.15, -0.1) is 0 Å². The SMILES string of the molecule is COc1cc(O[C@@H]2OC(CO)[C@@H](O)[C@H](O)C2O)c2c(=O)cc(-c3ccccc3)oc2c1OC. The minimum Gasteiger partial charge on any atom is -0.493 e. The average molecular weight is 460 g/mol. The van der Waals surface area contributed by atoms with Crippen LogP contribution in [-0.4, -0.2) is 72.0 Å². The van der Waals surface area contributed by atoms with E-state index in [0.717, 1.165) is 0 Å². The summed E-state index contributed by atoms with van der Waals surface area (Å²) in [4.78, 5) is 13.2. The van der Waals surface area contributed by atoms with Crippen LogP contribution in [0.5, 0.6) is 17.2 Å². The fourth-order valence-corrected chi connectivity index (χ4v) is 3.73. The van der Waals surface area contributed by atoms with Gasteiger partial charge < -0.3 is 43.8 Å². The molecule has 1 aliphatic rings. The highest BCUT2D eigenvalue weighted by Gasteiger charge is 2.45. The summed E-state index contributed by atoms with van der Waals surface area (Å²) in [6.07, 6.45) is -7.54. The van der Waals surface area contributed by atoms with E-state index < -0.39 is 42.7 Å². The van der Waals surface area contributed by atoms with Crippen molar-refractivity contribution in [3.63, 3.8) is 0 Å². The number of benzene rings is 2. The van der Waals surface area contributed by atoms with Gasteiger partial charge in [-0.1, -0.05) is 30.3 Å². The predicted octanol–water partition coefficient (Wildman–Crippen LogP) is 0.656. The molecule has 0 radical (unpaired) electrons. The fraction of sp³-hybridized carbons (Fsp3) is 0.348. The van der Waals surface area contributed by atoms with Gasteiger partial charge >= 0.3 is 0 Å². The van der Waals surface area contributed by atoms with Gasteiger partial charge in [-0.25, -0.2) is 0 Å². The molecule has 2 unspecified atom stereocenters. The molecule has 10 heteroatoms. The maximum absolute atomic E-state index is 13.2. The van der Waals surface area contributed by atoms with Crippen molar-refractivity contribution < 1.29 is 43.8 Å². The lowest BCUT2D eigenvalue weighted by molar-refractivity contribution is -0.277. The normalized spacial score (nSPS) is 25.1. The minimum absolute atomic E-state index is 0.00992. The smallest absolute Gasteiger partial charge is 0.229 e. The lowest BCUT2D eigenvalue weighted by Gasteiger charge is -2.39. The summed E-state index contributed by atoms with van der Waals surface area (Å²) in [5, 5.41) is 39.8. The molecule has 0 saturated carbocycles. The first-order chi connectivity index (χ1) is 15.9.